The fourth-order valence-electron chi connectivity index (χ4n) is 1.53. The van der Waals surface area contributed by atoms with Crippen LogP contribution in [0, 0.1) is 0 Å². The molecule has 0 spiro atoms. The number of nitrogens with zero attached hydrogens (tertiary/aromatic N) is 2. The fourth-order valence-corrected chi connectivity index (χ4v) is 1.53. The van der Waals surface area contributed by atoms with Crippen molar-refractivity contribution >= 4 is 17.3 Å². The number of rotatable bonds is 3. The Morgan fingerprint density at radius 3 is 2.44 bits per heavy atom. The molecule has 1 amide bonds. The van der Waals surface area contributed by atoms with Crippen LogP contribution in [0.15, 0.2) is 29.4 Å². The number of alkyl halides is 2. The summed E-state index contributed by atoms with van der Waals surface area (Å²) in [4.78, 5) is 11.7. The molecule has 1 aromatic carbocycles. The van der Waals surface area contributed by atoms with Crippen molar-refractivity contribution in [3.05, 3.63) is 24.3 Å². The van der Waals surface area contributed by atoms with Crippen molar-refractivity contribution in [2.24, 2.45) is 10.8 Å². The maximum atomic E-state index is 12.0. The quantitative estimate of drug-likeness (QED) is 0.886. The second-order valence-corrected chi connectivity index (χ2v) is 3.74. The van der Waals surface area contributed by atoms with Gasteiger partial charge in [0, 0.05) is 0 Å². The zero-order chi connectivity index (χ0) is 13.3. The van der Waals surface area contributed by atoms with Gasteiger partial charge in [0.05, 0.1) is 11.4 Å². The Labute approximate surface area is 102 Å². The molecule has 1 aromatic rings. The highest BCUT2D eigenvalue weighted by Gasteiger charge is 2.31. The molecule has 18 heavy (non-hydrogen) atoms. The average molecular weight is 255 g/mol. The van der Waals surface area contributed by atoms with E-state index in [1.165, 1.54) is 24.3 Å². The highest BCUT2D eigenvalue weighted by atomic mass is 19.3. The monoisotopic (exact) mass is 255 g/mol. The molecule has 2 rings (SSSR count). The van der Waals surface area contributed by atoms with Gasteiger partial charge in [-0.1, -0.05) is 0 Å². The van der Waals surface area contributed by atoms with Crippen LogP contribution < -0.4 is 15.5 Å². The second-order valence-electron chi connectivity index (χ2n) is 3.74. The van der Waals surface area contributed by atoms with Crippen molar-refractivity contribution in [3.63, 3.8) is 0 Å². The van der Waals surface area contributed by atoms with Crippen LogP contribution in [0.5, 0.6) is 5.75 Å². The first-order valence-electron chi connectivity index (χ1n) is 5.18. The summed E-state index contributed by atoms with van der Waals surface area (Å²) in [5.41, 5.74) is 6.56. The lowest BCUT2D eigenvalue weighted by molar-refractivity contribution is -0.117. The van der Waals surface area contributed by atoms with Crippen LogP contribution >= 0.6 is 0 Å². The number of carbonyl (C=O) groups is 1. The lowest BCUT2D eigenvalue weighted by Gasteiger charge is -2.13. The average Bonchev–Trinajstić information content (AvgIpc) is 2.57. The highest BCUT2D eigenvalue weighted by molar-refractivity contribution is 6.17. The predicted octanol–water partition coefficient (Wildman–Crippen LogP) is 1.34. The molecule has 7 heteroatoms. The zero-order valence-electron chi connectivity index (χ0n) is 9.51. The van der Waals surface area contributed by atoms with E-state index in [-0.39, 0.29) is 11.7 Å². The Kier molecular flexibility index (Phi) is 3.24. The van der Waals surface area contributed by atoms with Crippen LogP contribution in [-0.2, 0) is 4.79 Å². The Bertz CT molecular complexity index is 488. The molecule has 1 heterocycles. The Morgan fingerprint density at radius 2 is 2.00 bits per heavy atom. The third-order valence-electron chi connectivity index (χ3n) is 2.49. The SMILES string of the molecule is CC1=NN(c2ccc(OC(F)F)cc2)C(=O)C1N. The minimum absolute atomic E-state index is 0.0189. The number of hydrogen-bond acceptors (Lipinski definition) is 4. The first-order valence-corrected chi connectivity index (χ1v) is 5.18. The summed E-state index contributed by atoms with van der Waals surface area (Å²) in [5.74, 6) is -0.333. The van der Waals surface area contributed by atoms with E-state index in [4.69, 9.17) is 5.73 Å². The van der Waals surface area contributed by atoms with Gasteiger partial charge < -0.3 is 10.5 Å². The summed E-state index contributed by atoms with van der Waals surface area (Å²) < 4.78 is 28.1. The Balaban J connectivity index is 2.18. The molecule has 1 aliphatic rings. The molecule has 0 radical (unpaired) electrons. The Morgan fingerprint density at radius 1 is 1.39 bits per heavy atom. The first kappa shape index (κ1) is 12.4. The minimum atomic E-state index is -2.88. The highest BCUT2D eigenvalue weighted by Crippen LogP contribution is 2.23. The number of hydrazone groups is 1. The van der Waals surface area contributed by atoms with E-state index in [0.29, 0.717) is 11.4 Å². The second kappa shape index (κ2) is 4.69. The molecule has 0 saturated heterocycles. The van der Waals surface area contributed by atoms with E-state index in [9.17, 15) is 13.6 Å². The number of anilines is 1. The number of nitrogens with two attached hydrogens (primary N) is 1. The van der Waals surface area contributed by atoms with Crippen LogP contribution in [0.25, 0.3) is 0 Å². The maximum absolute atomic E-state index is 12.0. The first-order chi connectivity index (χ1) is 8.49. The van der Waals surface area contributed by atoms with E-state index in [1.807, 2.05) is 0 Å². The van der Waals surface area contributed by atoms with Gasteiger partial charge in [0.1, 0.15) is 11.8 Å². The van der Waals surface area contributed by atoms with E-state index < -0.39 is 12.7 Å². The molecule has 96 valence electrons. The van der Waals surface area contributed by atoms with Crippen molar-refractivity contribution in [1.29, 1.82) is 0 Å². The topological polar surface area (TPSA) is 67.9 Å². The predicted molar refractivity (Wildman–Crippen MR) is 61.6 cm³/mol. The molecule has 5 nitrogen and oxygen atoms in total. The zero-order valence-corrected chi connectivity index (χ0v) is 9.51. The molecular formula is C11H11F2N3O2. The number of carbonyl (C=O) groups excluding carboxylic acids is 1. The van der Waals surface area contributed by atoms with Gasteiger partial charge in [-0.15, -0.1) is 0 Å². The lowest BCUT2D eigenvalue weighted by atomic mass is 10.2. The summed E-state index contributed by atoms with van der Waals surface area (Å²) in [5, 5.41) is 5.14. The van der Waals surface area contributed by atoms with Crippen LogP contribution in [0.3, 0.4) is 0 Å². The van der Waals surface area contributed by atoms with E-state index in [2.05, 4.69) is 9.84 Å². The minimum Gasteiger partial charge on any atom is -0.435 e. The molecule has 1 unspecified atom stereocenters. The molecule has 2 N–H and O–H groups in total. The van der Waals surface area contributed by atoms with Crippen molar-refractivity contribution in [3.8, 4) is 5.75 Å². The largest absolute Gasteiger partial charge is 0.435 e. The van der Waals surface area contributed by atoms with Gasteiger partial charge in [-0.05, 0) is 31.2 Å². The summed E-state index contributed by atoms with van der Waals surface area (Å²) in [6.45, 7) is -1.23. The van der Waals surface area contributed by atoms with Gasteiger partial charge in [-0.25, -0.2) is 0 Å². The number of ether oxygens (including phenoxy) is 1. The van der Waals surface area contributed by atoms with Crippen molar-refractivity contribution < 1.29 is 18.3 Å². The van der Waals surface area contributed by atoms with Gasteiger partial charge in [-0.3, -0.25) is 4.79 Å². The van der Waals surface area contributed by atoms with Crippen molar-refractivity contribution in [2.75, 3.05) is 5.01 Å². The fraction of sp³-hybridized carbons (Fsp3) is 0.273. The molecule has 1 atom stereocenters. The molecule has 1 aliphatic heterocycles. The third kappa shape index (κ3) is 2.30. The van der Waals surface area contributed by atoms with Gasteiger partial charge >= 0.3 is 6.61 Å². The van der Waals surface area contributed by atoms with Gasteiger partial charge in [-0.2, -0.15) is 18.9 Å². The summed E-state index contributed by atoms with van der Waals surface area (Å²) in [7, 11) is 0. The van der Waals surface area contributed by atoms with E-state index >= 15 is 0 Å². The number of amides is 1. The summed E-state index contributed by atoms with van der Waals surface area (Å²) in [6, 6.07) is 4.85. The van der Waals surface area contributed by atoms with Crippen LogP contribution in [0.2, 0.25) is 0 Å². The van der Waals surface area contributed by atoms with Crippen molar-refractivity contribution in [2.45, 2.75) is 19.6 Å². The van der Waals surface area contributed by atoms with Gasteiger partial charge in [0.2, 0.25) is 0 Å². The molecule has 0 bridgehead atoms. The smallest absolute Gasteiger partial charge is 0.387 e. The number of halogens is 2. The molecule has 0 aliphatic carbocycles. The van der Waals surface area contributed by atoms with E-state index in [1.54, 1.807) is 6.92 Å². The lowest BCUT2D eigenvalue weighted by Crippen LogP contribution is -2.38. The number of hydrogen-bond donors (Lipinski definition) is 1. The normalized spacial score (nSPS) is 19.4. The van der Waals surface area contributed by atoms with Crippen molar-refractivity contribution in [1.82, 2.24) is 0 Å². The standard InChI is InChI=1S/C11H11F2N3O2/c1-6-9(14)10(17)16(15-6)7-2-4-8(5-3-7)18-11(12)13/h2-5,9,11H,14H2,1H3. The Hall–Kier alpha value is -2.02. The molecular weight excluding hydrogens is 244 g/mol. The summed E-state index contributed by atoms with van der Waals surface area (Å²) >= 11 is 0. The molecule has 0 saturated carbocycles. The summed E-state index contributed by atoms with van der Waals surface area (Å²) in [6.07, 6.45) is 0. The van der Waals surface area contributed by atoms with E-state index in [0.717, 1.165) is 5.01 Å². The van der Waals surface area contributed by atoms with Gasteiger partial charge in [0.25, 0.3) is 5.91 Å². The number of benzene rings is 1. The maximum Gasteiger partial charge on any atom is 0.387 e. The van der Waals surface area contributed by atoms with Crippen LogP contribution in [0.4, 0.5) is 14.5 Å². The molecule has 0 fully saturated rings. The molecule has 0 aromatic heterocycles. The third-order valence-corrected chi connectivity index (χ3v) is 2.49. The van der Waals surface area contributed by atoms with Gasteiger partial charge in [0.15, 0.2) is 0 Å². The van der Waals surface area contributed by atoms with Crippen LogP contribution in [0.1, 0.15) is 6.92 Å². The van der Waals surface area contributed by atoms with Crippen LogP contribution in [-0.4, -0.2) is 24.3 Å².